The summed E-state index contributed by atoms with van der Waals surface area (Å²) in [6, 6.07) is 0. The first kappa shape index (κ1) is 19.0. The van der Waals surface area contributed by atoms with Gasteiger partial charge < -0.3 is 4.74 Å². The second-order valence-corrected chi connectivity index (χ2v) is 5.72. The second kappa shape index (κ2) is 18.0. The van der Waals surface area contributed by atoms with E-state index in [0.29, 0.717) is 0 Å². The Labute approximate surface area is 122 Å². The first-order chi connectivity index (χ1) is 9.41. The Kier molecular flexibility index (Phi) is 17.9. The Morgan fingerprint density at radius 1 is 0.579 bits per heavy atom. The highest BCUT2D eigenvalue weighted by Gasteiger charge is 1.94. The van der Waals surface area contributed by atoms with Crippen LogP contribution in [0.25, 0.3) is 0 Å². The SMILES string of the molecule is CCCCCCCCCCCCC[CH]OCCCC. The van der Waals surface area contributed by atoms with Crippen LogP contribution in [-0.2, 0) is 4.74 Å². The van der Waals surface area contributed by atoms with Gasteiger partial charge in [0.1, 0.15) is 0 Å². The van der Waals surface area contributed by atoms with Crippen LogP contribution in [0.1, 0.15) is 104 Å². The highest BCUT2D eigenvalue weighted by Crippen LogP contribution is 2.12. The minimum Gasteiger partial charge on any atom is -0.376 e. The van der Waals surface area contributed by atoms with Crippen molar-refractivity contribution < 1.29 is 4.74 Å². The maximum Gasteiger partial charge on any atom is 0.0836 e. The third kappa shape index (κ3) is 18.0. The zero-order valence-corrected chi connectivity index (χ0v) is 13.6. The Morgan fingerprint density at radius 3 is 1.58 bits per heavy atom. The summed E-state index contributed by atoms with van der Waals surface area (Å²) < 4.78 is 5.44. The fourth-order valence-corrected chi connectivity index (χ4v) is 2.29. The van der Waals surface area contributed by atoms with Crippen molar-refractivity contribution in [1.29, 1.82) is 0 Å². The molecule has 0 fully saturated rings. The predicted molar refractivity (Wildman–Crippen MR) is 86.2 cm³/mol. The van der Waals surface area contributed by atoms with E-state index in [1.165, 1.54) is 83.5 Å². The quantitative estimate of drug-likeness (QED) is 0.284. The molecule has 115 valence electrons. The van der Waals surface area contributed by atoms with Crippen molar-refractivity contribution in [3.05, 3.63) is 6.61 Å². The first-order valence-corrected chi connectivity index (χ1v) is 8.85. The van der Waals surface area contributed by atoms with Crippen LogP contribution >= 0.6 is 0 Å². The average Bonchev–Trinajstić information content (AvgIpc) is 2.43. The Morgan fingerprint density at radius 2 is 1.05 bits per heavy atom. The van der Waals surface area contributed by atoms with Gasteiger partial charge in [0.2, 0.25) is 0 Å². The van der Waals surface area contributed by atoms with Gasteiger partial charge in [0.05, 0.1) is 6.61 Å². The third-order valence-electron chi connectivity index (χ3n) is 3.66. The van der Waals surface area contributed by atoms with Crippen molar-refractivity contribution in [1.82, 2.24) is 0 Å². The Bertz CT molecular complexity index is 129. The lowest BCUT2D eigenvalue weighted by molar-refractivity contribution is 0.185. The number of rotatable bonds is 16. The van der Waals surface area contributed by atoms with Crippen LogP contribution in [0.4, 0.5) is 0 Å². The zero-order valence-electron chi connectivity index (χ0n) is 13.6. The topological polar surface area (TPSA) is 9.23 Å². The van der Waals surface area contributed by atoms with E-state index >= 15 is 0 Å². The Balaban J connectivity index is 2.88. The molecule has 0 aliphatic heterocycles. The van der Waals surface area contributed by atoms with Gasteiger partial charge in [-0.15, -0.1) is 0 Å². The van der Waals surface area contributed by atoms with E-state index in [1.807, 2.05) is 6.61 Å². The molecule has 0 N–H and O–H groups in total. The van der Waals surface area contributed by atoms with Crippen LogP contribution in [0.3, 0.4) is 0 Å². The van der Waals surface area contributed by atoms with Crippen LogP contribution in [-0.4, -0.2) is 6.61 Å². The van der Waals surface area contributed by atoms with Crippen molar-refractivity contribution in [2.24, 2.45) is 0 Å². The lowest BCUT2D eigenvalue weighted by Gasteiger charge is -2.03. The number of hydrogen-bond donors (Lipinski definition) is 0. The van der Waals surface area contributed by atoms with Crippen LogP contribution in [0.2, 0.25) is 0 Å². The summed E-state index contributed by atoms with van der Waals surface area (Å²) in [4.78, 5) is 0. The van der Waals surface area contributed by atoms with Gasteiger partial charge in [-0.05, 0) is 12.8 Å². The van der Waals surface area contributed by atoms with Crippen molar-refractivity contribution in [2.45, 2.75) is 104 Å². The average molecular weight is 269 g/mol. The van der Waals surface area contributed by atoms with Gasteiger partial charge in [-0.3, -0.25) is 0 Å². The summed E-state index contributed by atoms with van der Waals surface area (Å²) in [6.45, 7) is 7.41. The Hall–Kier alpha value is -0.0400. The molecule has 0 aliphatic carbocycles. The second-order valence-electron chi connectivity index (χ2n) is 5.72. The van der Waals surface area contributed by atoms with Crippen molar-refractivity contribution in [3.63, 3.8) is 0 Å². The van der Waals surface area contributed by atoms with E-state index in [9.17, 15) is 0 Å². The van der Waals surface area contributed by atoms with Crippen LogP contribution in [0.15, 0.2) is 0 Å². The summed E-state index contributed by atoms with van der Waals surface area (Å²) in [5.74, 6) is 0. The van der Waals surface area contributed by atoms with E-state index in [1.54, 1.807) is 0 Å². The molecule has 19 heavy (non-hydrogen) atoms. The van der Waals surface area contributed by atoms with Crippen LogP contribution < -0.4 is 0 Å². The largest absolute Gasteiger partial charge is 0.376 e. The molecule has 0 aromatic carbocycles. The van der Waals surface area contributed by atoms with Crippen LogP contribution in [0.5, 0.6) is 0 Å². The number of hydrogen-bond acceptors (Lipinski definition) is 1. The molecule has 0 saturated carbocycles. The molecule has 0 aliphatic rings. The minimum absolute atomic E-state index is 0.911. The number of unbranched alkanes of at least 4 members (excludes halogenated alkanes) is 12. The standard InChI is InChI=1S/C18H37O/c1-3-5-7-8-9-10-11-12-13-14-15-16-18-19-17-6-4-2/h18H,3-17H2,1-2H3. The molecule has 0 unspecified atom stereocenters. The first-order valence-electron chi connectivity index (χ1n) is 8.85. The molecule has 0 bridgehead atoms. The summed E-state index contributed by atoms with van der Waals surface area (Å²) in [5, 5.41) is 0. The molecule has 1 heteroatoms. The van der Waals surface area contributed by atoms with Crippen molar-refractivity contribution >= 4 is 0 Å². The molecule has 0 heterocycles. The normalized spacial score (nSPS) is 11.1. The molecule has 0 atom stereocenters. The van der Waals surface area contributed by atoms with Gasteiger partial charge >= 0.3 is 0 Å². The smallest absolute Gasteiger partial charge is 0.0836 e. The molecule has 1 nitrogen and oxygen atoms in total. The monoisotopic (exact) mass is 269 g/mol. The summed E-state index contributed by atoms with van der Waals surface area (Å²) in [5.41, 5.74) is 0. The van der Waals surface area contributed by atoms with E-state index in [4.69, 9.17) is 4.74 Å². The molecule has 0 saturated heterocycles. The minimum atomic E-state index is 0.911. The maximum atomic E-state index is 5.44. The molecule has 0 spiro atoms. The van der Waals surface area contributed by atoms with E-state index in [2.05, 4.69) is 13.8 Å². The fraction of sp³-hybridized carbons (Fsp3) is 0.944. The van der Waals surface area contributed by atoms with Gasteiger partial charge in [-0.25, -0.2) is 0 Å². The predicted octanol–water partition coefficient (Wildman–Crippen LogP) is 6.67. The molecular formula is C18H37O. The zero-order chi connectivity index (χ0) is 14.0. The van der Waals surface area contributed by atoms with Crippen molar-refractivity contribution in [2.75, 3.05) is 6.61 Å². The van der Waals surface area contributed by atoms with Gasteiger partial charge in [0, 0.05) is 6.61 Å². The van der Waals surface area contributed by atoms with E-state index < -0.39 is 0 Å². The van der Waals surface area contributed by atoms with E-state index in [-0.39, 0.29) is 0 Å². The van der Waals surface area contributed by atoms with Gasteiger partial charge in [-0.2, -0.15) is 0 Å². The highest BCUT2D eigenvalue weighted by molar-refractivity contribution is 4.53. The molecule has 0 rings (SSSR count). The summed E-state index contributed by atoms with van der Waals surface area (Å²) >= 11 is 0. The highest BCUT2D eigenvalue weighted by atomic mass is 16.5. The fourth-order valence-electron chi connectivity index (χ4n) is 2.29. The maximum absolute atomic E-state index is 5.44. The van der Waals surface area contributed by atoms with Crippen LogP contribution in [0, 0.1) is 6.61 Å². The lowest BCUT2D eigenvalue weighted by atomic mass is 10.1. The van der Waals surface area contributed by atoms with Crippen molar-refractivity contribution in [3.8, 4) is 0 Å². The van der Waals surface area contributed by atoms with Gasteiger partial charge in [0.15, 0.2) is 0 Å². The van der Waals surface area contributed by atoms with Gasteiger partial charge in [-0.1, -0.05) is 90.9 Å². The van der Waals surface area contributed by atoms with E-state index in [0.717, 1.165) is 13.0 Å². The molecule has 0 aromatic rings. The summed E-state index contributed by atoms with van der Waals surface area (Å²) in [6.07, 6.45) is 19.1. The summed E-state index contributed by atoms with van der Waals surface area (Å²) in [7, 11) is 0. The molecule has 0 aromatic heterocycles. The molecule has 1 radical (unpaired) electrons. The molecular weight excluding hydrogens is 232 g/mol. The lowest BCUT2D eigenvalue weighted by Crippen LogP contribution is -1.91. The number of ether oxygens (including phenoxy) is 1. The third-order valence-corrected chi connectivity index (χ3v) is 3.66. The van der Waals surface area contributed by atoms with Gasteiger partial charge in [0.25, 0.3) is 0 Å². The molecule has 0 amide bonds.